The lowest BCUT2D eigenvalue weighted by Crippen LogP contribution is -2.26. The zero-order valence-corrected chi connectivity index (χ0v) is 13.1. The molecular weight excluding hydrogens is 292 g/mol. The van der Waals surface area contributed by atoms with Gasteiger partial charge in [0.25, 0.3) is 5.91 Å². The van der Waals surface area contributed by atoms with Crippen molar-refractivity contribution in [1.29, 1.82) is 0 Å². The number of aryl methyl sites for hydroxylation is 1. The summed E-state index contributed by atoms with van der Waals surface area (Å²) in [7, 11) is 3.59. The van der Waals surface area contributed by atoms with Crippen LogP contribution in [0.2, 0.25) is 0 Å². The number of carbonyl (C=O) groups is 1. The van der Waals surface area contributed by atoms with Gasteiger partial charge in [-0.3, -0.25) is 9.48 Å². The molecule has 0 aliphatic heterocycles. The first-order valence-electron chi connectivity index (χ1n) is 7.29. The Morgan fingerprint density at radius 1 is 1.17 bits per heavy atom. The van der Waals surface area contributed by atoms with Crippen molar-refractivity contribution in [2.45, 2.75) is 13.1 Å². The van der Waals surface area contributed by atoms with Crippen molar-refractivity contribution < 1.29 is 4.79 Å². The second kappa shape index (κ2) is 6.43. The molecule has 2 heterocycles. The van der Waals surface area contributed by atoms with E-state index in [1.807, 2.05) is 43.6 Å². The SMILES string of the molecule is CN(Cc1cnn(C)c1)C(=O)c1cn(Cc2ccccc2)nn1. The molecule has 2 aromatic heterocycles. The Kier molecular flexibility index (Phi) is 4.18. The predicted octanol–water partition coefficient (Wildman–Crippen LogP) is 1.33. The fourth-order valence-corrected chi connectivity index (χ4v) is 2.34. The molecule has 3 rings (SSSR count). The maximum Gasteiger partial charge on any atom is 0.276 e. The van der Waals surface area contributed by atoms with Crippen LogP contribution in [0.15, 0.2) is 48.9 Å². The molecule has 1 amide bonds. The quantitative estimate of drug-likeness (QED) is 0.713. The third-order valence-electron chi connectivity index (χ3n) is 3.47. The standard InChI is InChI=1S/C16H18N6O/c1-20(9-14-8-17-21(2)10-14)16(23)15-12-22(19-18-15)11-13-6-4-3-5-7-13/h3-8,10,12H,9,11H2,1-2H3. The van der Waals surface area contributed by atoms with Gasteiger partial charge in [-0.1, -0.05) is 35.5 Å². The van der Waals surface area contributed by atoms with Gasteiger partial charge in [-0.25, -0.2) is 4.68 Å². The molecule has 0 spiro atoms. The highest BCUT2D eigenvalue weighted by Crippen LogP contribution is 2.07. The Morgan fingerprint density at radius 3 is 2.65 bits per heavy atom. The molecule has 0 unspecified atom stereocenters. The molecule has 118 valence electrons. The van der Waals surface area contributed by atoms with Crippen molar-refractivity contribution in [1.82, 2.24) is 29.7 Å². The average Bonchev–Trinajstić information content (AvgIpc) is 3.17. The normalized spacial score (nSPS) is 10.7. The van der Waals surface area contributed by atoms with Gasteiger partial charge >= 0.3 is 0 Å². The predicted molar refractivity (Wildman–Crippen MR) is 84.6 cm³/mol. The maximum atomic E-state index is 12.4. The van der Waals surface area contributed by atoms with Crippen LogP contribution in [0.1, 0.15) is 21.6 Å². The van der Waals surface area contributed by atoms with Crippen LogP contribution < -0.4 is 0 Å². The topological polar surface area (TPSA) is 68.8 Å². The smallest absolute Gasteiger partial charge is 0.276 e. The molecule has 0 saturated carbocycles. The largest absolute Gasteiger partial charge is 0.336 e. The summed E-state index contributed by atoms with van der Waals surface area (Å²) in [5, 5.41) is 12.1. The van der Waals surface area contributed by atoms with Crippen LogP contribution in [0.4, 0.5) is 0 Å². The summed E-state index contributed by atoms with van der Waals surface area (Å²) in [6.45, 7) is 1.08. The molecule has 0 radical (unpaired) electrons. The molecule has 0 atom stereocenters. The number of carbonyl (C=O) groups excluding carboxylic acids is 1. The fourth-order valence-electron chi connectivity index (χ4n) is 2.34. The van der Waals surface area contributed by atoms with Crippen LogP contribution in [0.25, 0.3) is 0 Å². The van der Waals surface area contributed by atoms with E-state index >= 15 is 0 Å². The first-order valence-corrected chi connectivity index (χ1v) is 7.29. The molecule has 0 aliphatic rings. The van der Waals surface area contributed by atoms with E-state index in [0.717, 1.165) is 11.1 Å². The van der Waals surface area contributed by atoms with Gasteiger partial charge in [0.2, 0.25) is 0 Å². The molecule has 0 aliphatic carbocycles. The minimum Gasteiger partial charge on any atom is -0.336 e. The second-order valence-corrected chi connectivity index (χ2v) is 5.47. The molecule has 0 bridgehead atoms. The number of aromatic nitrogens is 5. The summed E-state index contributed by atoms with van der Waals surface area (Å²) in [5.41, 5.74) is 2.42. The van der Waals surface area contributed by atoms with E-state index in [-0.39, 0.29) is 5.91 Å². The minimum atomic E-state index is -0.159. The van der Waals surface area contributed by atoms with E-state index < -0.39 is 0 Å². The Balaban J connectivity index is 1.65. The molecule has 0 fully saturated rings. The highest BCUT2D eigenvalue weighted by molar-refractivity contribution is 5.91. The van der Waals surface area contributed by atoms with Gasteiger partial charge in [-0.2, -0.15) is 5.10 Å². The highest BCUT2D eigenvalue weighted by Gasteiger charge is 2.16. The van der Waals surface area contributed by atoms with Crippen molar-refractivity contribution in [2.24, 2.45) is 7.05 Å². The van der Waals surface area contributed by atoms with E-state index in [1.165, 1.54) is 0 Å². The average molecular weight is 310 g/mol. The number of benzene rings is 1. The van der Waals surface area contributed by atoms with Gasteiger partial charge < -0.3 is 4.90 Å². The summed E-state index contributed by atoms with van der Waals surface area (Å²) in [6.07, 6.45) is 5.31. The molecule has 0 saturated heterocycles. The van der Waals surface area contributed by atoms with Crippen molar-refractivity contribution in [3.63, 3.8) is 0 Å². The number of hydrogen-bond acceptors (Lipinski definition) is 4. The first kappa shape index (κ1) is 15.0. The molecule has 3 aromatic rings. The van der Waals surface area contributed by atoms with Crippen LogP contribution in [0.5, 0.6) is 0 Å². The van der Waals surface area contributed by atoms with E-state index in [1.54, 1.807) is 33.7 Å². The lowest BCUT2D eigenvalue weighted by Gasteiger charge is -2.14. The van der Waals surface area contributed by atoms with Crippen molar-refractivity contribution >= 4 is 5.91 Å². The number of hydrogen-bond donors (Lipinski definition) is 0. The Bertz CT molecular complexity index is 792. The molecule has 7 heteroatoms. The van der Waals surface area contributed by atoms with Gasteiger partial charge in [0.05, 0.1) is 18.9 Å². The van der Waals surface area contributed by atoms with Crippen molar-refractivity contribution in [3.8, 4) is 0 Å². The number of rotatable bonds is 5. The molecule has 1 aromatic carbocycles. The Hall–Kier alpha value is -2.96. The summed E-state index contributed by atoms with van der Waals surface area (Å²) in [4.78, 5) is 14.0. The summed E-state index contributed by atoms with van der Waals surface area (Å²) in [6, 6.07) is 9.93. The second-order valence-electron chi connectivity index (χ2n) is 5.47. The van der Waals surface area contributed by atoms with Crippen molar-refractivity contribution in [2.75, 3.05) is 7.05 Å². The number of nitrogens with zero attached hydrogens (tertiary/aromatic N) is 6. The van der Waals surface area contributed by atoms with Crippen LogP contribution in [0.3, 0.4) is 0 Å². The maximum absolute atomic E-state index is 12.4. The molecule has 7 nitrogen and oxygen atoms in total. The van der Waals surface area contributed by atoms with E-state index in [9.17, 15) is 4.79 Å². The molecular formula is C16H18N6O. The van der Waals surface area contributed by atoms with Crippen LogP contribution >= 0.6 is 0 Å². The van der Waals surface area contributed by atoms with E-state index in [0.29, 0.717) is 18.8 Å². The van der Waals surface area contributed by atoms with Gasteiger partial charge in [-0.05, 0) is 5.56 Å². The van der Waals surface area contributed by atoms with Gasteiger partial charge in [0, 0.05) is 32.4 Å². The van der Waals surface area contributed by atoms with Crippen LogP contribution in [-0.2, 0) is 20.1 Å². The van der Waals surface area contributed by atoms with E-state index in [2.05, 4.69) is 15.4 Å². The number of amides is 1. The third kappa shape index (κ3) is 3.63. The Morgan fingerprint density at radius 2 is 1.96 bits per heavy atom. The zero-order chi connectivity index (χ0) is 16.2. The van der Waals surface area contributed by atoms with Gasteiger partial charge in [0.15, 0.2) is 5.69 Å². The van der Waals surface area contributed by atoms with E-state index in [4.69, 9.17) is 0 Å². The summed E-state index contributed by atoms with van der Waals surface area (Å²) < 4.78 is 3.38. The highest BCUT2D eigenvalue weighted by atomic mass is 16.2. The zero-order valence-electron chi connectivity index (χ0n) is 13.1. The lowest BCUT2D eigenvalue weighted by atomic mass is 10.2. The first-order chi connectivity index (χ1) is 11.1. The fraction of sp³-hybridized carbons (Fsp3) is 0.250. The van der Waals surface area contributed by atoms with Crippen LogP contribution in [-0.4, -0.2) is 42.6 Å². The molecule has 23 heavy (non-hydrogen) atoms. The summed E-state index contributed by atoms with van der Waals surface area (Å²) >= 11 is 0. The third-order valence-corrected chi connectivity index (χ3v) is 3.47. The summed E-state index contributed by atoms with van der Waals surface area (Å²) in [5.74, 6) is -0.159. The van der Waals surface area contributed by atoms with Crippen LogP contribution in [0, 0.1) is 0 Å². The minimum absolute atomic E-state index is 0.159. The van der Waals surface area contributed by atoms with Crippen molar-refractivity contribution in [3.05, 3.63) is 65.7 Å². The molecule has 0 N–H and O–H groups in total. The van der Waals surface area contributed by atoms with Gasteiger partial charge in [-0.15, -0.1) is 5.10 Å². The monoisotopic (exact) mass is 310 g/mol. The lowest BCUT2D eigenvalue weighted by molar-refractivity contribution is 0.0779. The Labute approximate surface area is 134 Å². The van der Waals surface area contributed by atoms with Gasteiger partial charge in [0.1, 0.15) is 0 Å².